The maximum Gasteiger partial charge on any atom is 0.360 e. The van der Waals surface area contributed by atoms with Gasteiger partial charge in [0, 0.05) is 0 Å². The molecule has 0 aliphatic rings. The van der Waals surface area contributed by atoms with Crippen LogP contribution >= 0.6 is 0 Å². The summed E-state index contributed by atoms with van der Waals surface area (Å²) in [5.74, 6) is -0.479. The highest BCUT2D eigenvalue weighted by molar-refractivity contribution is 5.87. The standard InChI is InChI=1S/C15H18N2O3/c1-4-19-14(18)13-9-20-15(17-13)16-11(3)12-7-5-10(2)6-8-12/h5-9,11H,4H2,1-3H3,(H,16,17). The second kappa shape index (κ2) is 6.23. The van der Waals surface area contributed by atoms with E-state index in [-0.39, 0.29) is 11.7 Å². The van der Waals surface area contributed by atoms with Gasteiger partial charge in [-0.2, -0.15) is 4.98 Å². The van der Waals surface area contributed by atoms with Crippen molar-refractivity contribution in [3.63, 3.8) is 0 Å². The molecule has 106 valence electrons. The number of anilines is 1. The number of nitrogens with zero attached hydrogens (tertiary/aromatic N) is 1. The van der Waals surface area contributed by atoms with Crippen molar-refractivity contribution in [1.82, 2.24) is 4.98 Å². The fraction of sp³-hybridized carbons (Fsp3) is 0.333. The van der Waals surface area contributed by atoms with Crippen LogP contribution in [0, 0.1) is 6.92 Å². The number of benzene rings is 1. The van der Waals surface area contributed by atoms with Crippen molar-refractivity contribution in [2.75, 3.05) is 11.9 Å². The maximum absolute atomic E-state index is 11.5. The zero-order valence-electron chi connectivity index (χ0n) is 11.8. The minimum absolute atomic E-state index is 0.0318. The topological polar surface area (TPSA) is 64.4 Å². The lowest BCUT2D eigenvalue weighted by Gasteiger charge is -2.12. The number of rotatable bonds is 5. The van der Waals surface area contributed by atoms with Gasteiger partial charge in [0.25, 0.3) is 6.01 Å². The van der Waals surface area contributed by atoms with E-state index in [9.17, 15) is 4.79 Å². The third-order valence-corrected chi connectivity index (χ3v) is 2.91. The van der Waals surface area contributed by atoms with Gasteiger partial charge in [-0.25, -0.2) is 4.79 Å². The number of carbonyl (C=O) groups excluding carboxylic acids is 1. The Balaban J connectivity index is 2.03. The molecule has 2 rings (SSSR count). The molecule has 1 aromatic carbocycles. The van der Waals surface area contributed by atoms with Gasteiger partial charge in [0.05, 0.1) is 12.6 Å². The van der Waals surface area contributed by atoms with E-state index in [2.05, 4.69) is 10.3 Å². The van der Waals surface area contributed by atoms with E-state index in [1.54, 1.807) is 6.92 Å². The van der Waals surface area contributed by atoms with E-state index >= 15 is 0 Å². The molecule has 1 unspecified atom stereocenters. The smallest absolute Gasteiger partial charge is 0.360 e. The summed E-state index contributed by atoms with van der Waals surface area (Å²) in [6.07, 6.45) is 1.29. The van der Waals surface area contributed by atoms with Gasteiger partial charge in [0.1, 0.15) is 6.26 Å². The van der Waals surface area contributed by atoms with E-state index in [0.29, 0.717) is 12.6 Å². The number of nitrogens with one attached hydrogen (secondary N) is 1. The van der Waals surface area contributed by atoms with Crippen LogP contribution in [0.3, 0.4) is 0 Å². The Bertz CT molecular complexity index is 575. The molecule has 0 bridgehead atoms. The number of ether oxygens (including phenoxy) is 1. The van der Waals surface area contributed by atoms with Gasteiger partial charge in [-0.05, 0) is 26.3 Å². The first-order valence-corrected chi connectivity index (χ1v) is 6.56. The third-order valence-electron chi connectivity index (χ3n) is 2.91. The van der Waals surface area contributed by atoms with Crippen molar-refractivity contribution in [3.05, 3.63) is 47.3 Å². The van der Waals surface area contributed by atoms with Crippen LogP contribution in [0.15, 0.2) is 34.9 Å². The van der Waals surface area contributed by atoms with Crippen LogP contribution in [0.25, 0.3) is 0 Å². The first kappa shape index (κ1) is 14.1. The first-order chi connectivity index (χ1) is 9.60. The minimum atomic E-state index is -0.479. The number of esters is 1. The molecular formula is C15H18N2O3. The largest absolute Gasteiger partial charge is 0.461 e. The van der Waals surface area contributed by atoms with Crippen LogP contribution in [-0.2, 0) is 4.74 Å². The van der Waals surface area contributed by atoms with Crippen molar-refractivity contribution >= 4 is 12.0 Å². The molecule has 0 amide bonds. The number of carbonyl (C=O) groups is 1. The van der Waals surface area contributed by atoms with Crippen LogP contribution in [-0.4, -0.2) is 17.6 Å². The van der Waals surface area contributed by atoms with E-state index in [4.69, 9.17) is 9.15 Å². The second-order valence-electron chi connectivity index (χ2n) is 4.54. The van der Waals surface area contributed by atoms with Gasteiger partial charge in [-0.1, -0.05) is 29.8 Å². The Hall–Kier alpha value is -2.30. The molecule has 0 spiro atoms. The van der Waals surface area contributed by atoms with Gasteiger partial charge in [-0.15, -0.1) is 0 Å². The predicted octanol–water partition coefficient (Wildman–Crippen LogP) is 3.33. The van der Waals surface area contributed by atoms with Gasteiger partial charge in [-0.3, -0.25) is 0 Å². The summed E-state index contributed by atoms with van der Waals surface area (Å²) in [5, 5.41) is 3.11. The Morgan fingerprint density at radius 2 is 2.10 bits per heavy atom. The third kappa shape index (κ3) is 3.38. The summed E-state index contributed by atoms with van der Waals surface area (Å²) in [4.78, 5) is 15.5. The summed E-state index contributed by atoms with van der Waals surface area (Å²) in [5.41, 5.74) is 2.50. The van der Waals surface area contributed by atoms with E-state index in [1.807, 2.05) is 38.1 Å². The normalized spacial score (nSPS) is 11.9. The molecule has 0 aliphatic heterocycles. The second-order valence-corrected chi connectivity index (χ2v) is 4.54. The average Bonchev–Trinajstić information content (AvgIpc) is 2.88. The van der Waals surface area contributed by atoms with Crippen molar-refractivity contribution in [2.45, 2.75) is 26.8 Å². The molecule has 5 heteroatoms. The summed E-state index contributed by atoms with van der Waals surface area (Å²) >= 11 is 0. The molecular weight excluding hydrogens is 256 g/mol. The summed E-state index contributed by atoms with van der Waals surface area (Å²) in [6, 6.07) is 8.52. The highest BCUT2D eigenvalue weighted by atomic mass is 16.5. The highest BCUT2D eigenvalue weighted by Gasteiger charge is 2.14. The van der Waals surface area contributed by atoms with Crippen LogP contribution in [0.1, 0.15) is 41.5 Å². The molecule has 0 fully saturated rings. The zero-order chi connectivity index (χ0) is 14.5. The molecule has 2 aromatic rings. The molecule has 1 N–H and O–H groups in total. The van der Waals surface area contributed by atoms with E-state index < -0.39 is 5.97 Å². The first-order valence-electron chi connectivity index (χ1n) is 6.56. The molecule has 0 saturated heterocycles. The summed E-state index contributed by atoms with van der Waals surface area (Å²) < 4.78 is 10.1. The summed E-state index contributed by atoms with van der Waals surface area (Å²) in [6.45, 7) is 6.10. The van der Waals surface area contributed by atoms with Crippen molar-refractivity contribution in [3.8, 4) is 0 Å². The number of aromatic nitrogens is 1. The number of hydrogen-bond acceptors (Lipinski definition) is 5. The van der Waals surface area contributed by atoms with Gasteiger partial charge < -0.3 is 14.5 Å². The number of aryl methyl sites for hydroxylation is 1. The number of hydrogen-bond donors (Lipinski definition) is 1. The Kier molecular flexibility index (Phi) is 4.40. The van der Waals surface area contributed by atoms with Gasteiger partial charge >= 0.3 is 5.97 Å². The van der Waals surface area contributed by atoms with Crippen LogP contribution in [0.5, 0.6) is 0 Å². The molecule has 0 aliphatic carbocycles. The van der Waals surface area contributed by atoms with Gasteiger partial charge in [0.15, 0.2) is 5.69 Å². The Morgan fingerprint density at radius 1 is 1.40 bits per heavy atom. The SMILES string of the molecule is CCOC(=O)c1coc(NC(C)c2ccc(C)cc2)n1. The van der Waals surface area contributed by atoms with Crippen LogP contribution in [0.2, 0.25) is 0 Å². The molecule has 1 heterocycles. The lowest BCUT2D eigenvalue weighted by molar-refractivity contribution is 0.0519. The van der Waals surface area contributed by atoms with Gasteiger partial charge in [0.2, 0.25) is 0 Å². The lowest BCUT2D eigenvalue weighted by Crippen LogP contribution is -2.08. The van der Waals surface area contributed by atoms with E-state index in [0.717, 1.165) is 5.56 Å². The Morgan fingerprint density at radius 3 is 2.75 bits per heavy atom. The Labute approximate surface area is 118 Å². The zero-order valence-corrected chi connectivity index (χ0v) is 11.8. The molecule has 0 radical (unpaired) electrons. The lowest BCUT2D eigenvalue weighted by atomic mass is 10.1. The van der Waals surface area contributed by atoms with Crippen molar-refractivity contribution < 1.29 is 13.9 Å². The monoisotopic (exact) mass is 274 g/mol. The predicted molar refractivity (Wildman–Crippen MR) is 75.7 cm³/mol. The minimum Gasteiger partial charge on any atom is -0.461 e. The molecule has 20 heavy (non-hydrogen) atoms. The number of oxazole rings is 1. The van der Waals surface area contributed by atoms with Crippen LogP contribution < -0.4 is 5.32 Å². The van der Waals surface area contributed by atoms with Crippen molar-refractivity contribution in [1.29, 1.82) is 0 Å². The highest BCUT2D eigenvalue weighted by Crippen LogP contribution is 2.19. The molecule has 5 nitrogen and oxygen atoms in total. The fourth-order valence-corrected chi connectivity index (χ4v) is 1.76. The quantitative estimate of drug-likeness (QED) is 0.847. The summed E-state index contributed by atoms with van der Waals surface area (Å²) in [7, 11) is 0. The molecule has 0 saturated carbocycles. The molecule has 1 aromatic heterocycles. The average molecular weight is 274 g/mol. The van der Waals surface area contributed by atoms with E-state index in [1.165, 1.54) is 11.8 Å². The maximum atomic E-state index is 11.5. The fourth-order valence-electron chi connectivity index (χ4n) is 1.76. The molecule has 1 atom stereocenters. The van der Waals surface area contributed by atoms with Crippen LogP contribution in [0.4, 0.5) is 6.01 Å². The van der Waals surface area contributed by atoms with Crippen molar-refractivity contribution in [2.24, 2.45) is 0 Å².